The van der Waals surface area contributed by atoms with Gasteiger partial charge in [-0.2, -0.15) is 5.26 Å². The fourth-order valence-corrected chi connectivity index (χ4v) is 4.97. The molecule has 8 nitrogen and oxygen atoms in total. The Morgan fingerprint density at radius 3 is 2.68 bits per heavy atom. The van der Waals surface area contributed by atoms with E-state index >= 15 is 0 Å². The number of carbonyl (C=O) groups excluding carboxylic acids is 1. The number of hydrogen-bond acceptors (Lipinski definition) is 7. The molecule has 188 valence electrons. The molecule has 5 rings (SSSR count). The van der Waals surface area contributed by atoms with Gasteiger partial charge in [0.1, 0.15) is 31.0 Å². The van der Waals surface area contributed by atoms with Crippen LogP contribution < -0.4 is 9.47 Å². The maximum absolute atomic E-state index is 13.1. The highest BCUT2D eigenvalue weighted by molar-refractivity contribution is 5.96. The van der Waals surface area contributed by atoms with E-state index in [4.69, 9.17) is 9.47 Å². The molecule has 0 spiro atoms. The van der Waals surface area contributed by atoms with E-state index in [9.17, 15) is 20.0 Å². The number of piperidine rings is 1. The molecule has 8 heteroatoms. The summed E-state index contributed by atoms with van der Waals surface area (Å²) in [6, 6.07) is 16.3. The third-order valence-electron chi connectivity index (χ3n) is 6.86. The smallest absolute Gasteiger partial charge is 0.320 e. The second kappa shape index (κ2) is 10.8. The number of rotatable bonds is 7. The summed E-state index contributed by atoms with van der Waals surface area (Å²) in [5, 5.41) is 19.5. The number of likely N-dealkylation sites (tertiary alicyclic amines) is 1. The highest BCUT2D eigenvalue weighted by Gasteiger charge is 2.28. The molecule has 3 heterocycles. The average Bonchev–Trinajstić information content (AvgIpc) is 2.93. The number of hydrogen-bond donors (Lipinski definition) is 1. The van der Waals surface area contributed by atoms with Gasteiger partial charge in [-0.25, -0.2) is 0 Å². The molecule has 37 heavy (non-hydrogen) atoms. The molecule has 0 radical (unpaired) electrons. The van der Waals surface area contributed by atoms with E-state index < -0.39 is 12.0 Å². The van der Waals surface area contributed by atoms with Crippen molar-refractivity contribution in [2.24, 2.45) is 0 Å². The zero-order valence-corrected chi connectivity index (χ0v) is 20.4. The first-order chi connectivity index (χ1) is 18.0. The third-order valence-corrected chi connectivity index (χ3v) is 6.86. The number of pyridine rings is 1. The summed E-state index contributed by atoms with van der Waals surface area (Å²) < 4.78 is 11.3. The lowest BCUT2D eigenvalue weighted by molar-refractivity contribution is -0.144. The molecule has 2 aliphatic heterocycles. The summed E-state index contributed by atoms with van der Waals surface area (Å²) in [7, 11) is 0. The van der Waals surface area contributed by atoms with Crippen LogP contribution in [0, 0.1) is 11.3 Å². The van der Waals surface area contributed by atoms with Crippen LogP contribution in [0.1, 0.15) is 46.4 Å². The molecule has 3 aromatic rings. The van der Waals surface area contributed by atoms with Crippen molar-refractivity contribution in [2.75, 3.05) is 19.8 Å². The summed E-state index contributed by atoms with van der Waals surface area (Å²) >= 11 is 0. The van der Waals surface area contributed by atoms with Crippen LogP contribution in [0.3, 0.4) is 0 Å². The SMILES string of the molecule is N#Cc1c(CC(=O)c2ccc(CN3CCCC[C@H]3C(=O)O)cn2)cccc1-c1ccc2c(c1)OCCO2. The molecule has 1 N–H and O–H groups in total. The number of fused-ring (bicyclic) bond motifs is 1. The van der Waals surface area contributed by atoms with Crippen LogP contribution in [0.2, 0.25) is 0 Å². The predicted molar refractivity (Wildman–Crippen MR) is 136 cm³/mol. The molecular formula is C29H27N3O5. The van der Waals surface area contributed by atoms with Crippen molar-refractivity contribution in [1.29, 1.82) is 5.26 Å². The zero-order valence-electron chi connectivity index (χ0n) is 20.4. The number of carboxylic acid groups (broad SMARTS) is 1. The van der Waals surface area contributed by atoms with Crippen molar-refractivity contribution < 1.29 is 24.2 Å². The van der Waals surface area contributed by atoms with Gasteiger partial charge in [0.05, 0.1) is 5.56 Å². The molecule has 0 unspecified atom stereocenters. The number of nitriles is 1. The van der Waals surface area contributed by atoms with Gasteiger partial charge in [-0.1, -0.05) is 36.8 Å². The Labute approximate surface area is 215 Å². The Morgan fingerprint density at radius 2 is 1.92 bits per heavy atom. The summed E-state index contributed by atoms with van der Waals surface area (Å²) in [6.45, 7) is 2.19. The van der Waals surface area contributed by atoms with Crippen molar-refractivity contribution >= 4 is 11.8 Å². The van der Waals surface area contributed by atoms with Crippen molar-refractivity contribution in [3.05, 3.63) is 77.1 Å². The van der Waals surface area contributed by atoms with E-state index in [0.717, 1.165) is 36.1 Å². The zero-order chi connectivity index (χ0) is 25.8. The molecule has 0 saturated carbocycles. The Kier molecular flexibility index (Phi) is 7.15. The van der Waals surface area contributed by atoms with Gasteiger partial charge in [-0.3, -0.25) is 19.5 Å². The van der Waals surface area contributed by atoms with Crippen molar-refractivity contribution in [2.45, 2.75) is 38.3 Å². The normalized spacial score (nSPS) is 17.1. The largest absolute Gasteiger partial charge is 0.486 e. The van der Waals surface area contributed by atoms with Crippen LogP contribution in [0.4, 0.5) is 0 Å². The van der Waals surface area contributed by atoms with E-state index in [1.165, 1.54) is 0 Å². The van der Waals surface area contributed by atoms with Gasteiger partial charge in [-0.05, 0) is 59.8 Å². The van der Waals surface area contributed by atoms with Gasteiger partial charge in [0.2, 0.25) is 0 Å². The van der Waals surface area contributed by atoms with Crippen LogP contribution in [0.15, 0.2) is 54.7 Å². The lowest BCUT2D eigenvalue weighted by Gasteiger charge is -2.32. The topological polar surface area (TPSA) is 113 Å². The minimum absolute atomic E-state index is 0.0425. The van der Waals surface area contributed by atoms with Gasteiger partial charge in [0, 0.05) is 19.2 Å². The first kappa shape index (κ1) is 24.5. The van der Waals surface area contributed by atoms with E-state index in [-0.39, 0.29) is 12.2 Å². The fraction of sp³-hybridized carbons (Fsp3) is 0.310. The molecule has 0 amide bonds. The molecule has 1 atom stereocenters. The summed E-state index contributed by atoms with van der Waals surface area (Å²) in [5.41, 5.74) is 3.78. The maximum atomic E-state index is 13.1. The van der Waals surface area contributed by atoms with Crippen molar-refractivity contribution in [3.63, 3.8) is 0 Å². The monoisotopic (exact) mass is 497 g/mol. The first-order valence-electron chi connectivity index (χ1n) is 12.4. The number of Topliss-reactive ketones (excluding diaryl/α,β-unsaturated/α-hetero) is 1. The first-order valence-corrected chi connectivity index (χ1v) is 12.4. The Balaban J connectivity index is 1.32. The second-order valence-electron chi connectivity index (χ2n) is 9.28. The highest BCUT2D eigenvalue weighted by atomic mass is 16.6. The van der Waals surface area contributed by atoms with Crippen molar-refractivity contribution in [3.8, 4) is 28.7 Å². The minimum Gasteiger partial charge on any atom is -0.486 e. The highest BCUT2D eigenvalue weighted by Crippen LogP contribution is 2.36. The number of ether oxygens (including phenoxy) is 2. The molecule has 1 fully saturated rings. The molecule has 2 aliphatic rings. The Bertz CT molecular complexity index is 1360. The van der Waals surface area contributed by atoms with Crippen LogP contribution >= 0.6 is 0 Å². The number of carbonyl (C=O) groups is 2. The van der Waals surface area contributed by atoms with Gasteiger partial charge in [-0.15, -0.1) is 0 Å². The summed E-state index contributed by atoms with van der Waals surface area (Å²) in [6.07, 6.45) is 4.21. The van der Waals surface area contributed by atoms with Crippen LogP contribution in [0.25, 0.3) is 11.1 Å². The number of carboxylic acids is 1. The number of ketones is 1. The van der Waals surface area contributed by atoms with Crippen LogP contribution in [-0.2, 0) is 17.8 Å². The number of benzene rings is 2. The molecule has 2 aromatic carbocycles. The van der Waals surface area contributed by atoms with E-state index in [0.29, 0.717) is 54.5 Å². The van der Waals surface area contributed by atoms with Crippen LogP contribution in [-0.4, -0.2) is 52.5 Å². The quantitative estimate of drug-likeness (QED) is 0.482. The second-order valence-corrected chi connectivity index (χ2v) is 9.28. The van der Waals surface area contributed by atoms with Gasteiger partial charge in [0.15, 0.2) is 17.3 Å². The van der Waals surface area contributed by atoms with Crippen molar-refractivity contribution in [1.82, 2.24) is 9.88 Å². The van der Waals surface area contributed by atoms with Crippen LogP contribution in [0.5, 0.6) is 11.5 Å². The molecule has 0 aliphatic carbocycles. The summed E-state index contributed by atoms with van der Waals surface area (Å²) in [5.74, 6) is 0.320. The number of nitrogens with zero attached hydrogens (tertiary/aromatic N) is 3. The van der Waals surface area contributed by atoms with Gasteiger partial charge < -0.3 is 14.6 Å². The lowest BCUT2D eigenvalue weighted by atomic mass is 9.93. The number of aromatic nitrogens is 1. The Hall–Kier alpha value is -4.22. The molecule has 0 bridgehead atoms. The fourth-order valence-electron chi connectivity index (χ4n) is 4.97. The van der Waals surface area contributed by atoms with E-state index in [2.05, 4.69) is 11.1 Å². The Morgan fingerprint density at radius 1 is 1.08 bits per heavy atom. The third kappa shape index (κ3) is 5.32. The molecule has 1 aromatic heterocycles. The summed E-state index contributed by atoms with van der Waals surface area (Å²) in [4.78, 5) is 30.9. The molecular weight excluding hydrogens is 470 g/mol. The lowest BCUT2D eigenvalue weighted by Crippen LogP contribution is -2.44. The maximum Gasteiger partial charge on any atom is 0.320 e. The van der Waals surface area contributed by atoms with E-state index in [1.54, 1.807) is 18.3 Å². The van der Waals surface area contributed by atoms with Gasteiger partial charge >= 0.3 is 5.97 Å². The minimum atomic E-state index is -0.800. The number of aliphatic carboxylic acids is 1. The standard InChI is InChI=1S/C29H27N3O5/c30-16-23-20(4-3-5-22(23)21-8-10-27-28(15-21)37-13-12-36-27)14-26(33)24-9-7-19(17-31-24)18-32-11-2-1-6-25(32)29(34)35/h3-5,7-10,15,17,25H,1-2,6,11-14,18H2,(H,34,35)/t25-/m0/s1. The molecule has 1 saturated heterocycles. The van der Waals surface area contributed by atoms with E-state index in [1.807, 2.05) is 41.3 Å². The predicted octanol–water partition coefficient (Wildman–Crippen LogP) is 4.26. The van der Waals surface area contributed by atoms with Gasteiger partial charge in [0.25, 0.3) is 0 Å². The average molecular weight is 498 g/mol.